The van der Waals surface area contributed by atoms with Crippen molar-refractivity contribution in [1.29, 1.82) is 0 Å². The molecule has 0 amide bonds. The molecule has 2 aromatic carbocycles. The maximum Gasteiger partial charge on any atom is 0.211 e. The van der Waals surface area contributed by atoms with Gasteiger partial charge >= 0.3 is 0 Å². The van der Waals surface area contributed by atoms with Gasteiger partial charge in [0.1, 0.15) is 0 Å². The first-order valence-electron chi connectivity index (χ1n) is 12.5. The van der Waals surface area contributed by atoms with E-state index in [2.05, 4.69) is 77.9 Å². The van der Waals surface area contributed by atoms with Crippen LogP contribution in [0.2, 0.25) is 0 Å². The summed E-state index contributed by atoms with van der Waals surface area (Å²) in [4.78, 5) is 0. The molecule has 1 aliphatic rings. The lowest BCUT2D eigenvalue weighted by atomic mass is 9.91. The zero-order valence-corrected chi connectivity index (χ0v) is 21.0. The van der Waals surface area contributed by atoms with Crippen molar-refractivity contribution in [3.63, 3.8) is 0 Å². The molecule has 0 bridgehead atoms. The summed E-state index contributed by atoms with van der Waals surface area (Å²) in [5, 5.41) is 0. The highest BCUT2D eigenvalue weighted by Crippen LogP contribution is 2.45. The number of rotatable bonds is 10. The van der Waals surface area contributed by atoms with Crippen molar-refractivity contribution >= 4 is 11.4 Å². The number of benzene rings is 2. The summed E-state index contributed by atoms with van der Waals surface area (Å²) >= 11 is 0. The molecule has 170 valence electrons. The zero-order valence-electron chi connectivity index (χ0n) is 21.0. The second-order valence-corrected chi connectivity index (χ2v) is 9.63. The molecule has 2 nitrogen and oxygen atoms in total. The highest BCUT2D eigenvalue weighted by atomic mass is 15.2. The van der Waals surface area contributed by atoms with Crippen molar-refractivity contribution in [2.75, 3.05) is 0 Å². The van der Waals surface area contributed by atoms with Crippen LogP contribution in [0.3, 0.4) is 0 Å². The van der Waals surface area contributed by atoms with Gasteiger partial charge in [0.05, 0.1) is 0 Å². The molecule has 1 aliphatic heterocycles. The molecule has 0 radical (unpaired) electrons. The third-order valence-corrected chi connectivity index (χ3v) is 6.41. The minimum absolute atomic E-state index is 0.991. The van der Waals surface area contributed by atoms with Gasteiger partial charge in [-0.2, -0.15) is 0 Å². The average molecular weight is 429 g/mol. The van der Waals surface area contributed by atoms with Gasteiger partial charge in [0.15, 0.2) is 0 Å². The van der Waals surface area contributed by atoms with Crippen LogP contribution in [0.25, 0.3) is 16.9 Å². The summed E-state index contributed by atoms with van der Waals surface area (Å²) in [5.74, 6) is 0. The third kappa shape index (κ3) is 5.46. The molecule has 2 aromatic rings. The van der Waals surface area contributed by atoms with E-state index in [9.17, 15) is 5.53 Å². The molecule has 0 saturated carbocycles. The van der Waals surface area contributed by atoms with Gasteiger partial charge in [-0.05, 0) is 77.6 Å². The minimum atomic E-state index is 0.991. The van der Waals surface area contributed by atoms with Crippen molar-refractivity contribution in [3.05, 3.63) is 86.5 Å². The Morgan fingerprint density at radius 3 is 1.38 bits per heavy atom. The lowest BCUT2D eigenvalue weighted by molar-refractivity contribution is -0.345. The number of hydrogen-bond donors (Lipinski definition) is 0. The lowest BCUT2D eigenvalue weighted by Crippen LogP contribution is -2.03. The monoisotopic (exact) mass is 428 g/mol. The maximum atomic E-state index is 11.7. The first-order chi connectivity index (χ1) is 15.3. The van der Waals surface area contributed by atoms with Crippen LogP contribution in [0.4, 0.5) is 0 Å². The molecule has 0 spiro atoms. The topological polar surface area (TPSA) is 25.3 Å². The molecular formula is C30H40N2. The second-order valence-electron chi connectivity index (χ2n) is 9.63. The number of unbranched alkanes of at least 4 members (excludes halogenated alkanes) is 4. The average Bonchev–Trinajstić information content (AvgIpc) is 2.99. The Kier molecular flexibility index (Phi) is 8.23. The van der Waals surface area contributed by atoms with Gasteiger partial charge in [0.25, 0.3) is 0 Å². The third-order valence-electron chi connectivity index (χ3n) is 6.41. The normalized spacial score (nSPS) is 14.1. The molecule has 32 heavy (non-hydrogen) atoms. The molecule has 0 atom stereocenters. The fourth-order valence-corrected chi connectivity index (χ4v) is 5.09. The summed E-state index contributed by atoms with van der Waals surface area (Å²) in [6.07, 6.45) is 9.23. The highest BCUT2D eigenvalue weighted by Gasteiger charge is 2.35. The first kappa shape index (κ1) is 24.2. The van der Waals surface area contributed by atoms with E-state index in [1.54, 1.807) is 0 Å². The molecule has 0 unspecified atom stereocenters. The summed E-state index contributed by atoms with van der Waals surface area (Å²) in [6.45, 7) is 13.1. The maximum absolute atomic E-state index is 11.7. The Labute approximate surface area is 195 Å². The minimum Gasteiger partial charge on any atom is -0.493 e. The molecule has 1 heterocycles. The molecule has 0 N–H and O–H groups in total. The van der Waals surface area contributed by atoms with Crippen LogP contribution < -0.4 is 0 Å². The Morgan fingerprint density at radius 2 is 0.969 bits per heavy atom. The van der Waals surface area contributed by atoms with E-state index in [0.29, 0.717) is 0 Å². The van der Waals surface area contributed by atoms with Crippen LogP contribution in [-0.2, 0) is 0 Å². The summed E-state index contributed by atoms with van der Waals surface area (Å²) in [7, 11) is 0. The van der Waals surface area contributed by atoms with Gasteiger partial charge < -0.3 is 5.53 Å². The van der Waals surface area contributed by atoms with Crippen LogP contribution in [0, 0.1) is 27.7 Å². The molecule has 0 saturated heterocycles. The number of allylic oxidation sites excluding steroid dienone is 2. The van der Waals surface area contributed by atoms with Gasteiger partial charge in [-0.25, -0.2) is 4.70 Å². The smallest absolute Gasteiger partial charge is 0.211 e. The van der Waals surface area contributed by atoms with Gasteiger partial charge in [-0.3, -0.25) is 0 Å². The summed E-state index contributed by atoms with van der Waals surface area (Å²) in [6, 6.07) is 13.3. The van der Waals surface area contributed by atoms with E-state index in [0.717, 1.165) is 48.2 Å². The van der Waals surface area contributed by atoms with Gasteiger partial charge in [0, 0.05) is 22.3 Å². The fraction of sp³-hybridized carbons (Fsp3) is 0.467. The van der Waals surface area contributed by atoms with Gasteiger partial charge in [-0.1, -0.05) is 73.9 Å². The Morgan fingerprint density at radius 1 is 0.562 bits per heavy atom. The van der Waals surface area contributed by atoms with Crippen molar-refractivity contribution < 1.29 is 4.70 Å². The molecule has 3 rings (SSSR count). The largest absolute Gasteiger partial charge is 0.493 e. The molecule has 0 aliphatic carbocycles. The number of aryl methyl sites for hydroxylation is 4. The van der Waals surface area contributed by atoms with Crippen LogP contribution >= 0.6 is 0 Å². The Hall–Kier alpha value is -2.48. The molecular weight excluding hydrogens is 388 g/mol. The Bertz CT molecular complexity index is 1010. The standard InChI is InChI=1S/C30H40N2/c1-7-9-11-12-14-28-27(13-10-8-2)29(25-17-21(3)15-22(4)18-25)32(31)30(28)26-19-23(5)16-24(6)20-26/h15-20H,7-14H2,1-6H3. The Balaban J connectivity index is 2.18. The quantitative estimate of drug-likeness (QED) is 0.266. The SMILES string of the molecule is CCCCCCC1=C(c2cc(C)cc(C)c2)[N+](=[N-])C(c2cc(C)cc(C)c2)=C1CCCC. The predicted octanol–water partition coefficient (Wildman–Crippen LogP) is 9.25. The van der Waals surface area contributed by atoms with E-state index in [-0.39, 0.29) is 0 Å². The first-order valence-corrected chi connectivity index (χ1v) is 12.5. The van der Waals surface area contributed by atoms with Crippen molar-refractivity contribution in [2.45, 2.75) is 92.9 Å². The molecule has 2 heteroatoms. The number of hydrogen-bond acceptors (Lipinski definition) is 0. The van der Waals surface area contributed by atoms with E-state index in [1.807, 2.05) is 0 Å². The van der Waals surface area contributed by atoms with Crippen LogP contribution in [0.15, 0.2) is 47.5 Å². The lowest BCUT2D eigenvalue weighted by Gasteiger charge is -2.12. The van der Waals surface area contributed by atoms with E-state index < -0.39 is 0 Å². The van der Waals surface area contributed by atoms with Crippen LogP contribution in [0.1, 0.15) is 98.6 Å². The van der Waals surface area contributed by atoms with Crippen molar-refractivity contribution in [1.82, 2.24) is 0 Å². The summed E-state index contributed by atoms with van der Waals surface area (Å²) in [5.41, 5.74) is 23.5. The number of nitrogens with zero attached hydrogens (tertiary/aromatic N) is 2. The molecule has 0 fully saturated rings. The summed E-state index contributed by atoms with van der Waals surface area (Å²) < 4.78 is 1.52. The van der Waals surface area contributed by atoms with Crippen LogP contribution in [0.5, 0.6) is 0 Å². The van der Waals surface area contributed by atoms with Crippen molar-refractivity contribution in [3.8, 4) is 0 Å². The second kappa shape index (κ2) is 10.9. The van der Waals surface area contributed by atoms with E-state index in [4.69, 9.17) is 0 Å². The zero-order chi connectivity index (χ0) is 23.3. The highest BCUT2D eigenvalue weighted by molar-refractivity contribution is 5.82. The van der Waals surface area contributed by atoms with Crippen molar-refractivity contribution in [2.24, 2.45) is 0 Å². The predicted molar refractivity (Wildman–Crippen MR) is 138 cm³/mol. The van der Waals surface area contributed by atoms with Gasteiger partial charge in [0.2, 0.25) is 11.4 Å². The van der Waals surface area contributed by atoms with E-state index in [1.165, 1.54) is 63.8 Å². The van der Waals surface area contributed by atoms with Gasteiger partial charge in [-0.15, -0.1) is 0 Å². The van der Waals surface area contributed by atoms with E-state index >= 15 is 0 Å². The van der Waals surface area contributed by atoms with Crippen LogP contribution in [-0.4, -0.2) is 4.70 Å². The molecule has 0 aromatic heterocycles. The fourth-order valence-electron chi connectivity index (χ4n) is 5.09.